The van der Waals surface area contributed by atoms with E-state index >= 15 is 0 Å². The van der Waals surface area contributed by atoms with Crippen molar-refractivity contribution >= 4 is 33.8 Å². The maximum Gasteiger partial charge on any atom is 0.255 e. The summed E-state index contributed by atoms with van der Waals surface area (Å²) in [6, 6.07) is 13.7. The molecule has 3 aromatic rings. The Hall–Kier alpha value is -1.80. The van der Waals surface area contributed by atoms with Crippen LogP contribution in [0.4, 0.5) is 0 Å². The third-order valence-corrected chi connectivity index (χ3v) is 5.82. The average Bonchev–Trinajstić information content (AvgIpc) is 2.97. The molecular formula is C22H25BS. The first-order valence-electron chi connectivity index (χ1n) is 8.57. The second-order valence-electron chi connectivity index (χ2n) is 7.07. The van der Waals surface area contributed by atoms with Crippen LogP contribution in [0.5, 0.6) is 0 Å². The van der Waals surface area contributed by atoms with Gasteiger partial charge in [-0.1, -0.05) is 80.7 Å². The van der Waals surface area contributed by atoms with Crippen molar-refractivity contribution in [1.82, 2.24) is 0 Å². The molecule has 0 saturated carbocycles. The maximum atomic E-state index is 2.32. The number of rotatable bonds is 3. The summed E-state index contributed by atoms with van der Waals surface area (Å²) in [6.45, 7) is 13.7. The fourth-order valence-electron chi connectivity index (χ4n) is 4.18. The number of hydrogen-bond acceptors (Lipinski definition) is 1. The zero-order valence-corrected chi connectivity index (χ0v) is 16.3. The Labute approximate surface area is 150 Å². The Morgan fingerprint density at radius 2 is 1.08 bits per heavy atom. The third-order valence-electron chi connectivity index (χ3n) is 4.88. The SMILES string of the molecule is Cc1cc(C)c(B(c2cccs2)c2c(C)cc(C)cc2C)c(C)c1. The highest BCUT2D eigenvalue weighted by Crippen LogP contribution is 2.13. The van der Waals surface area contributed by atoms with Gasteiger partial charge >= 0.3 is 0 Å². The molecule has 0 nitrogen and oxygen atoms in total. The van der Waals surface area contributed by atoms with Crippen molar-refractivity contribution in [3.8, 4) is 0 Å². The van der Waals surface area contributed by atoms with Crippen molar-refractivity contribution in [3.05, 3.63) is 75.2 Å². The quantitative estimate of drug-likeness (QED) is 0.633. The normalized spacial score (nSPS) is 10.9. The van der Waals surface area contributed by atoms with Gasteiger partial charge in [-0.05, 0) is 51.7 Å². The Kier molecular flexibility index (Phi) is 4.69. The van der Waals surface area contributed by atoms with Crippen LogP contribution in [0.2, 0.25) is 0 Å². The predicted octanol–water partition coefficient (Wildman–Crippen LogP) is 4.11. The van der Waals surface area contributed by atoms with E-state index in [2.05, 4.69) is 83.3 Å². The Morgan fingerprint density at radius 1 is 0.667 bits per heavy atom. The molecule has 0 spiro atoms. The van der Waals surface area contributed by atoms with Crippen LogP contribution in [0.1, 0.15) is 33.4 Å². The van der Waals surface area contributed by atoms with E-state index in [1.54, 1.807) is 0 Å². The molecule has 0 saturated heterocycles. The van der Waals surface area contributed by atoms with Gasteiger partial charge in [-0.25, -0.2) is 0 Å². The first-order chi connectivity index (χ1) is 11.4. The van der Waals surface area contributed by atoms with Crippen molar-refractivity contribution in [2.75, 3.05) is 0 Å². The van der Waals surface area contributed by atoms with Gasteiger partial charge in [-0.2, -0.15) is 11.3 Å². The molecule has 0 bridgehead atoms. The molecule has 3 rings (SSSR count). The Bertz CT molecular complexity index is 771. The van der Waals surface area contributed by atoms with Crippen LogP contribution in [0, 0.1) is 41.5 Å². The van der Waals surface area contributed by atoms with Crippen LogP contribution >= 0.6 is 11.3 Å². The van der Waals surface area contributed by atoms with Crippen LogP contribution in [-0.4, -0.2) is 6.71 Å². The minimum atomic E-state index is 0.325. The predicted molar refractivity (Wildman–Crippen MR) is 110 cm³/mol. The summed E-state index contributed by atoms with van der Waals surface area (Å²) < 4.78 is 1.43. The third kappa shape index (κ3) is 3.08. The largest absolute Gasteiger partial charge is 0.255 e. The van der Waals surface area contributed by atoms with E-state index in [1.165, 1.54) is 49.1 Å². The second-order valence-corrected chi connectivity index (χ2v) is 8.05. The van der Waals surface area contributed by atoms with E-state index in [-0.39, 0.29) is 0 Å². The summed E-state index contributed by atoms with van der Waals surface area (Å²) in [6.07, 6.45) is 0. The van der Waals surface area contributed by atoms with Crippen molar-refractivity contribution in [2.24, 2.45) is 0 Å². The number of aryl methyl sites for hydroxylation is 6. The molecule has 1 aromatic heterocycles. The Morgan fingerprint density at radius 3 is 1.42 bits per heavy atom. The first-order valence-corrected chi connectivity index (χ1v) is 9.45. The molecule has 2 heteroatoms. The maximum absolute atomic E-state index is 2.32. The highest BCUT2D eigenvalue weighted by atomic mass is 32.1. The molecule has 0 atom stereocenters. The van der Waals surface area contributed by atoms with E-state index in [0.29, 0.717) is 6.71 Å². The van der Waals surface area contributed by atoms with Gasteiger partial charge in [0.15, 0.2) is 0 Å². The van der Waals surface area contributed by atoms with Gasteiger partial charge in [0.05, 0.1) is 0 Å². The zero-order chi connectivity index (χ0) is 17.4. The number of benzene rings is 2. The van der Waals surface area contributed by atoms with E-state index in [0.717, 1.165) is 0 Å². The summed E-state index contributed by atoms with van der Waals surface area (Å²) in [5, 5.41) is 2.19. The monoisotopic (exact) mass is 332 g/mol. The molecule has 0 aliphatic rings. The van der Waals surface area contributed by atoms with Gasteiger partial charge < -0.3 is 0 Å². The molecule has 0 unspecified atom stereocenters. The van der Waals surface area contributed by atoms with E-state index in [9.17, 15) is 0 Å². The number of hydrogen-bond donors (Lipinski definition) is 0. The smallest absolute Gasteiger partial charge is 0.158 e. The lowest BCUT2D eigenvalue weighted by atomic mass is 9.37. The fraction of sp³-hybridized carbons (Fsp3) is 0.273. The van der Waals surface area contributed by atoms with Crippen molar-refractivity contribution < 1.29 is 0 Å². The molecule has 122 valence electrons. The molecule has 1 heterocycles. The lowest BCUT2D eigenvalue weighted by molar-refractivity contribution is 1.34. The first kappa shape index (κ1) is 17.0. The van der Waals surface area contributed by atoms with Gasteiger partial charge in [0.1, 0.15) is 0 Å². The standard InChI is InChI=1S/C22H25BS/c1-14-10-16(3)21(17(4)11-14)23(20-8-7-9-24-20)22-18(5)12-15(2)13-19(22)6/h7-13H,1-6H3. The van der Waals surface area contributed by atoms with Crippen LogP contribution in [0.15, 0.2) is 41.8 Å². The molecule has 2 aromatic carbocycles. The summed E-state index contributed by atoms with van der Waals surface area (Å²) in [5.74, 6) is 0. The summed E-state index contributed by atoms with van der Waals surface area (Å²) >= 11 is 1.86. The van der Waals surface area contributed by atoms with Gasteiger partial charge in [0.25, 0.3) is 6.71 Å². The average molecular weight is 332 g/mol. The minimum Gasteiger partial charge on any atom is -0.158 e. The van der Waals surface area contributed by atoms with Crippen LogP contribution in [-0.2, 0) is 0 Å². The van der Waals surface area contributed by atoms with Crippen molar-refractivity contribution in [3.63, 3.8) is 0 Å². The van der Waals surface area contributed by atoms with Gasteiger partial charge in [0, 0.05) is 0 Å². The Balaban J connectivity index is 2.32. The molecule has 0 aliphatic heterocycles. The number of thiophene rings is 1. The van der Waals surface area contributed by atoms with Crippen LogP contribution in [0.3, 0.4) is 0 Å². The molecule has 0 radical (unpaired) electrons. The fourth-order valence-corrected chi connectivity index (χ4v) is 5.02. The van der Waals surface area contributed by atoms with Crippen molar-refractivity contribution in [1.29, 1.82) is 0 Å². The van der Waals surface area contributed by atoms with Gasteiger partial charge in [-0.15, -0.1) is 0 Å². The van der Waals surface area contributed by atoms with E-state index in [4.69, 9.17) is 0 Å². The van der Waals surface area contributed by atoms with E-state index in [1.807, 2.05) is 11.3 Å². The zero-order valence-electron chi connectivity index (χ0n) is 15.5. The molecule has 0 aliphatic carbocycles. The van der Waals surface area contributed by atoms with Gasteiger partial charge in [-0.3, -0.25) is 0 Å². The molecule has 0 fully saturated rings. The topological polar surface area (TPSA) is 0 Å². The molecular weight excluding hydrogens is 307 g/mol. The highest BCUT2D eigenvalue weighted by Gasteiger charge is 2.28. The molecule has 24 heavy (non-hydrogen) atoms. The lowest BCUT2D eigenvalue weighted by Crippen LogP contribution is -2.54. The van der Waals surface area contributed by atoms with Crippen LogP contribution < -0.4 is 15.7 Å². The van der Waals surface area contributed by atoms with Crippen molar-refractivity contribution in [2.45, 2.75) is 41.5 Å². The highest BCUT2D eigenvalue weighted by molar-refractivity contribution is 7.26. The van der Waals surface area contributed by atoms with Crippen LogP contribution in [0.25, 0.3) is 0 Å². The second kappa shape index (κ2) is 6.60. The van der Waals surface area contributed by atoms with E-state index < -0.39 is 0 Å². The summed E-state index contributed by atoms with van der Waals surface area (Å²) in [4.78, 5) is 0. The molecule has 0 amide bonds. The van der Waals surface area contributed by atoms with Gasteiger partial charge in [0.2, 0.25) is 0 Å². The minimum absolute atomic E-state index is 0.325. The summed E-state index contributed by atoms with van der Waals surface area (Å²) in [5.41, 5.74) is 11.2. The summed E-state index contributed by atoms with van der Waals surface area (Å²) in [7, 11) is 0. The molecule has 0 N–H and O–H groups in total. The lowest BCUT2D eigenvalue weighted by Gasteiger charge is -2.23.